The van der Waals surface area contributed by atoms with E-state index in [1.54, 1.807) is 0 Å². The molecule has 1 rings (SSSR count). The third-order valence-electron chi connectivity index (χ3n) is 3.75. The van der Waals surface area contributed by atoms with Gasteiger partial charge in [0.1, 0.15) is 5.84 Å². The Hall–Kier alpha value is -1.78. The Morgan fingerprint density at radius 3 is 2.65 bits per heavy atom. The largest absolute Gasteiger partial charge is 0.481 e. The van der Waals surface area contributed by atoms with Crippen LogP contribution in [0, 0.1) is 11.8 Å². The minimum atomic E-state index is -0.823. The molecule has 0 aliphatic heterocycles. The van der Waals surface area contributed by atoms with E-state index in [1.165, 1.54) is 5.57 Å². The molecular formula is C15H25N3O2. The summed E-state index contributed by atoms with van der Waals surface area (Å²) in [5, 5.41) is 12.9. The fourth-order valence-corrected chi connectivity index (χ4v) is 2.63. The summed E-state index contributed by atoms with van der Waals surface area (Å²) in [6, 6.07) is 0. The number of amidine groups is 1. The van der Waals surface area contributed by atoms with Crippen molar-refractivity contribution in [2.45, 2.75) is 45.4 Å². The number of carbonyl (C=O) groups is 1. The van der Waals surface area contributed by atoms with Crippen LogP contribution in [0.15, 0.2) is 28.9 Å². The van der Waals surface area contributed by atoms with Crippen molar-refractivity contribution in [2.24, 2.45) is 28.5 Å². The van der Waals surface area contributed by atoms with Crippen LogP contribution in [-0.4, -0.2) is 16.9 Å². The second-order valence-corrected chi connectivity index (χ2v) is 5.19. The molecule has 5 heteroatoms. The molecule has 0 amide bonds. The van der Waals surface area contributed by atoms with Gasteiger partial charge >= 0.3 is 5.97 Å². The average molecular weight is 279 g/mol. The summed E-state index contributed by atoms with van der Waals surface area (Å²) in [5.74, 6) is 3.87. The topological polar surface area (TPSA) is 102 Å². The van der Waals surface area contributed by atoms with Gasteiger partial charge < -0.3 is 16.7 Å². The summed E-state index contributed by atoms with van der Waals surface area (Å²) in [6.45, 7) is 1.97. The molecule has 0 fully saturated rings. The normalized spacial score (nSPS) is 18.4. The van der Waals surface area contributed by atoms with Gasteiger partial charge in [0, 0.05) is 5.92 Å². The molecule has 112 valence electrons. The minimum absolute atomic E-state index is 0.242. The van der Waals surface area contributed by atoms with E-state index in [9.17, 15) is 9.90 Å². The maximum atomic E-state index is 11.4. The average Bonchev–Trinajstić information content (AvgIpc) is 2.46. The first-order chi connectivity index (χ1) is 9.60. The van der Waals surface area contributed by atoms with Crippen LogP contribution in [0.5, 0.6) is 0 Å². The molecule has 0 radical (unpaired) electrons. The van der Waals surface area contributed by atoms with Gasteiger partial charge in [0.25, 0.3) is 0 Å². The number of allylic oxidation sites excluding steroid dienone is 4. The molecule has 1 aliphatic carbocycles. The lowest BCUT2D eigenvalue weighted by Crippen LogP contribution is -2.35. The zero-order valence-electron chi connectivity index (χ0n) is 12.1. The van der Waals surface area contributed by atoms with Gasteiger partial charge in [0.15, 0.2) is 0 Å². The predicted octanol–water partition coefficient (Wildman–Crippen LogP) is 2.39. The summed E-state index contributed by atoms with van der Waals surface area (Å²) < 4.78 is 0. The second kappa shape index (κ2) is 8.40. The number of hydrazone groups is 1. The number of hydrogen-bond donors (Lipinski definition) is 3. The highest BCUT2D eigenvalue weighted by atomic mass is 16.4. The first-order valence-electron chi connectivity index (χ1n) is 7.21. The van der Waals surface area contributed by atoms with Crippen LogP contribution in [0.3, 0.4) is 0 Å². The first-order valence-corrected chi connectivity index (χ1v) is 7.21. The molecule has 20 heavy (non-hydrogen) atoms. The van der Waals surface area contributed by atoms with Crippen LogP contribution in [0.4, 0.5) is 0 Å². The molecule has 0 aromatic carbocycles. The Balaban J connectivity index is 2.75. The van der Waals surface area contributed by atoms with Crippen molar-refractivity contribution < 1.29 is 9.90 Å². The van der Waals surface area contributed by atoms with E-state index in [-0.39, 0.29) is 11.8 Å². The van der Waals surface area contributed by atoms with Gasteiger partial charge in [-0.1, -0.05) is 37.1 Å². The van der Waals surface area contributed by atoms with E-state index in [0.29, 0.717) is 12.8 Å². The summed E-state index contributed by atoms with van der Waals surface area (Å²) >= 11 is 0. The van der Waals surface area contributed by atoms with E-state index in [4.69, 9.17) is 11.6 Å². The highest BCUT2D eigenvalue weighted by Crippen LogP contribution is 2.26. The number of nitrogens with zero attached hydrogens (tertiary/aromatic N) is 1. The van der Waals surface area contributed by atoms with Crippen LogP contribution >= 0.6 is 0 Å². The molecule has 5 nitrogen and oxygen atoms in total. The molecule has 0 saturated carbocycles. The zero-order valence-corrected chi connectivity index (χ0v) is 12.1. The van der Waals surface area contributed by atoms with E-state index >= 15 is 0 Å². The van der Waals surface area contributed by atoms with Crippen molar-refractivity contribution in [3.63, 3.8) is 0 Å². The Morgan fingerprint density at radius 1 is 1.40 bits per heavy atom. The Labute approximate surface area is 120 Å². The smallest absolute Gasteiger partial charge is 0.307 e. The van der Waals surface area contributed by atoms with Crippen molar-refractivity contribution in [1.82, 2.24) is 0 Å². The van der Waals surface area contributed by atoms with Crippen LogP contribution in [0.2, 0.25) is 0 Å². The second-order valence-electron chi connectivity index (χ2n) is 5.19. The first kappa shape index (κ1) is 16.3. The molecule has 0 spiro atoms. The monoisotopic (exact) mass is 279 g/mol. The van der Waals surface area contributed by atoms with E-state index in [0.717, 1.165) is 25.7 Å². The zero-order chi connectivity index (χ0) is 15.0. The summed E-state index contributed by atoms with van der Waals surface area (Å²) in [5.41, 5.74) is 7.07. The van der Waals surface area contributed by atoms with Gasteiger partial charge in [0.2, 0.25) is 0 Å². The molecule has 5 N–H and O–H groups in total. The molecule has 1 aliphatic rings. The molecule has 0 heterocycles. The molecule has 2 atom stereocenters. The minimum Gasteiger partial charge on any atom is -0.481 e. The van der Waals surface area contributed by atoms with Crippen LogP contribution in [0.25, 0.3) is 0 Å². The summed E-state index contributed by atoms with van der Waals surface area (Å²) in [6.07, 6.45) is 11.4. The molecule has 0 bridgehead atoms. The Kier molecular flexibility index (Phi) is 6.84. The van der Waals surface area contributed by atoms with Gasteiger partial charge in [-0.05, 0) is 32.1 Å². The molecule has 0 aromatic rings. The van der Waals surface area contributed by atoms with Crippen molar-refractivity contribution >= 4 is 11.8 Å². The van der Waals surface area contributed by atoms with Crippen LogP contribution in [0.1, 0.15) is 45.4 Å². The predicted molar refractivity (Wildman–Crippen MR) is 81.0 cm³/mol. The number of carboxylic acids is 1. The van der Waals surface area contributed by atoms with Crippen molar-refractivity contribution in [1.29, 1.82) is 0 Å². The SMILES string of the molecule is CCC[C@H](C(=O)O)[C@H](CCC1=CCCC=C1)/C(N)=N/N. The van der Waals surface area contributed by atoms with Crippen molar-refractivity contribution in [2.75, 3.05) is 0 Å². The highest BCUT2D eigenvalue weighted by Gasteiger charge is 2.30. The van der Waals surface area contributed by atoms with Crippen molar-refractivity contribution in [3.05, 3.63) is 23.8 Å². The van der Waals surface area contributed by atoms with E-state index in [1.807, 2.05) is 6.92 Å². The van der Waals surface area contributed by atoms with Crippen LogP contribution in [-0.2, 0) is 4.79 Å². The number of hydrogen-bond acceptors (Lipinski definition) is 3. The van der Waals surface area contributed by atoms with Crippen molar-refractivity contribution in [3.8, 4) is 0 Å². The number of rotatable bonds is 8. The Bertz CT molecular complexity index is 413. The highest BCUT2D eigenvalue weighted by molar-refractivity contribution is 5.87. The Morgan fingerprint density at radius 2 is 2.15 bits per heavy atom. The number of carboxylic acid groups (broad SMARTS) is 1. The van der Waals surface area contributed by atoms with Crippen LogP contribution < -0.4 is 11.6 Å². The van der Waals surface area contributed by atoms with Gasteiger partial charge in [-0.2, -0.15) is 5.10 Å². The van der Waals surface area contributed by atoms with E-state index < -0.39 is 11.9 Å². The maximum absolute atomic E-state index is 11.4. The lowest BCUT2D eigenvalue weighted by molar-refractivity contribution is -0.143. The molecule has 0 aromatic heterocycles. The standard InChI is InChI=1S/C15H25N3O2/c1-2-6-13(15(19)20)12(14(16)18-17)10-9-11-7-4-3-5-8-11/h4,7-8,12-13H,2-3,5-6,9-10,17H2,1H3,(H2,16,18)(H,19,20)/t12-,13-/m0/s1. The maximum Gasteiger partial charge on any atom is 0.307 e. The third kappa shape index (κ3) is 4.72. The van der Waals surface area contributed by atoms with Gasteiger partial charge in [-0.15, -0.1) is 0 Å². The quantitative estimate of drug-likeness (QED) is 0.275. The van der Waals surface area contributed by atoms with Gasteiger partial charge in [-0.3, -0.25) is 4.79 Å². The summed E-state index contributed by atoms with van der Waals surface area (Å²) in [4.78, 5) is 11.4. The molecule has 0 saturated heterocycles. The summed E-state index contributed by atoms with van der Waals surface area (Å²) in [7, 11) is 0. The number of aliphatic carboxylic acids is 1. The fourth-order valence-electron chi connectivity index (χ4n) is 2.63. The number of nitrogens with two attached hydrogens (primary N) is 2. The molecule has 0 unspecified atom stereocenters. The fraction of sp³-hybridized carbons (Fsp3) is 0.600. The lowest BCUT2D eigenvalue weighted by atomic mass is 9.83. The van der Waals surface area contributed by atoms with E-state index in [2.05, 4.69) is 23.3 Å². The van der Waals surface area contributed by atoms with Gasteiger partial charge in [0.05, 0.1) is 5.92 Å². The molecular weight excluding hydrogens is 254 g/mol. The third-order valence-corrected chi connectivity index (χ3v) is 3.75. The van der Waals surface area contributed by atoms with Gasteiger partial charge in [-0.25, -0.2) is 0 Å². The lowest BCUT2D eigenvalue weighted by Gasteiger charge is -2.23.